The highest BCUT2D eigenvalue weighted by Gasteiger charge is 2.23. The molecule has 4 aromatic rings. The van der Waals surface area contributed by atoms with Crippen LogP contribution < -0.4 is 11.3 Å². The van der Waals surface area contributed by atoms with Crippen molar-refractivity contribution < 1.29 is 39.5 Å². The number of phenols is 4. The van der Waals surface area contributed by atoms with E-state index in [-0.39, 0.29) is 21.9 Å². The molecule has 6 N–H and O–H groups in total. The first-order valence-corrected chi connectivity index (χ1v) is 8.08. The fourth-order valence-electron chi connectivity index (χ4n) is 3.12. The molecule has 29 heavy (non-hydrogen) atoms. The predicted molar refractivity (Wildman–Crippen MR) is 97.8 cm³/mol. The third-order valence-electron chi connectivity index (χ3n) is 4.43. The highest BCUT2D eigenvalue weighted by atomic mass is 16.4. The van der Waals surface area contributed by atoms with Gasteiger partial charge in [-0.05, 0) is 0 Å². The molecule has 0 atom stereocenters. The zero-order valence-electron chi connectivity index (χ0n) is 14.3. The lowest BCUT2D eigenvalue weighted by molar-refractivity contribution is 0.431. The molecule has 4 rings (SSSR count). The van der Waals surface area contributed by atoms with Crippen LogP contribution in [0.2, 0.25) is 0 Å². The van der Waals surface area contributed by atoms with E-state index in [9.17, 15) is 40.2 Å². The van der Waals surface area contributed by atoms with E-state index >= 15 is 0 Å². The van der Waals surface area contributed by atoms with Gasteiger partial charge in [-0.3, -0.25) is 0 Å². The van der Waals surface area contributed by atoms with Crippen molar-refractivity contribution in [1.29, 1.82) is 0 Å². The minimum absolute atomic E-state index is 0.283. The molecule has 0 aliphatic carbocycles. The maximum absolute atomic E-state index is 12.3. The Bertz CT molecular complexity index is 1320. The van der Waals surface area contributed by atoms with Gasteiger partial charge in [-0.15, -0.1) is 0 Å². The quantitative estimate of drug-likeness (QED) is 0.271. The van der Waals surface area contributed by atoms with Gasteiger partial charge < -0.3 is 39.5 Å². The standard InChI is InChI=1S/C19H12O10/c20-6-1-10(22)14-12(3-6)28-18(26)8(16(14)24)5-9-17(25)15-11(23)2-7(21)4-13(15)29-19(9)27/h1-4,20-25H,5H2. The van der Waals surface area contributed by atoms with Crippen LogP contribution in [0.3, 0.4) is 0 Å². The van der Waals surface area contributed by atoms with Crippen LogP contribution in [0.25, 0.3) is 21.9 Å². The first-order valence-electron chi connectivity index (χ1n) is 8.08. The van der Waals surface area contributed by atoms with E-state index in [2.05, 4.69) is 0 Å². The molecule has 2 aromatic carbocycles. The van der Waals surface area contributed by atoms with Gasteiger partial charge >= 0.3 is 11.3 Å². The number of hydrogen-bond acceptors (Lipinski definition) is 10. The van der Waals surface area contributed by atoms with Crippen molar-refractivity contribution >= 4 is 21.9 Å². The summed E-state index contributed by atoms with van der Waals surface area (Å²) in [6, 6.07) is 3.84. The molecule has 0 aliphatic heterocycles. The maximum atomic E-state index is 12.3. The summed E-state index contributed by atoms with van der Waals surface area (Å²) >= 11 is 0. The zero-order chi connectivity index (χ0) is 21.0. The predicted octanol–water partition coefficient (Wildman–Crippen LogP) is 1.72. The number of benzene rings is 2. The van der Waals surface area contributed by atoms with Gasteiger partial charge in [0, 0.05) is 30.7 Å². The van der Waals surface area contributed by atoms with Crippen LogP contribution in [-0.4, -0.2) is 30.6 Å². The van der Waals surface area contributed by atoms with Crippen molar-refractivity contribution in [2.45, 2.75) is 6.42 Å². The Balaban J connectivity index is 1.97. The highest BCUT2D eigenvalue weighted by Crippen LogP contribution is 2.40. The number of rotatable bonds is 2. The second-order valence-corrected chi connectivity index (χ2v) is 6.29. The lowest BCUT2D eigenvalue weighted by atomic mass is 10.0. The lowest BCUT2D eigenvalue weighted by Crippen LogP contribution is -2.14. The summed E-state index contributed by atoms with van der Waals surface area (Å²) in [7, 11) is 0. The number of hydrogen-bond donors (Lipinski definition) is 6. The first-order chi connectivity index (χ1) is 13.7. The normalized spacial score (nSPS) is 11.3. The molecule has 2 heterocycles. The monoisotopic (exact) mass is 400 g/mol. The summed E-state index contributed by atoms with van der Waals surface area (Å²) in [6.07, 6.45) is -0.658. The summed E-state index contributed by atoms with van der Waals surface area (Å²) < 4.78 is 9.96. The van der Waals surface area contributed by atoms with Crippen molar-refractivity contribution in [2.75, 3.05) is 0 Å². The Morgan fingerprint density at radius 1 is 0.621 bits per heavy atom. The van der Waals surface area contributed by atoms with Crippen molar-refractivity contribution in [2.24, 2.45) is 0 Å². The maximum Gasteiger partial charge on any atom is 0.343 e. The van der Waals surface area contributed by atoms with Crippen molar-refractivity contribution in [3.8, 4) is 34.5 Å². The van der Waals surface area contributed by atoms with Gasteiger partial charge in [0.1, 0.15) is 56.4 Å². The van der Waals surface area contributed by atoms with Crippen LogP contribution in [0.5, 0.6) is 34.5 Å². The van der Waals surface area contributed by atoms with Crippen LogP contribution in [0.1, 0.15) is 11.1 Å². The van der Waals surface area contributed by atoms with Crippen LogP contribution in [0.15, 0.2) is 42.7 Å². The largest absolute Gasteiger partial charge is 0.508 e. The van der Waals surface area contributed by atoms with Crippen molar-refractivity contribution in [3.05, 3.63) is 56.2 Å². The Kier molecular flexibility index (Phi) is 3.79. The Morgan fingerprint density at radius 3 is 1.38 bits per heavy atom. The molecule has 0 bridgehead atoms. The summed E-state index contributed by atoms with van der Waals surface area (Å²) in [5.41, 5.74) is -3.71. The molecule has 0 unspecified atom stereocenters. The number of phenolic OH excluding ortho intramolecular Hbond substituents is 4. The third-order valence-corrected chi connectivity index (χ3v) is 4.43. The Hall–Kier alpha value is -4.34. The smallest absolute Gasteiger partial charge is 0.343 e. The Morgan fingerprint density at radius 2 is 1.00 bits per heavy atom. The molecular formula is C19H12O10. The van der Waals surface area contributed by atoms with E-state index in [1.807, 2.05) is 0 Å². The van der Waals surface area contributed by atoms with Gasteiger partial charge in [0.05, 0.1) is 11.1 Å². The van der Waals surface area contributed by atoms with Crippen LogP contribution >= 0.6 is 0 Å². The molecular weight excluding hydrogens is 388 g/mol. The Labute approximate surface area is 159 Å². The molecule has 0 fully saturated rings. The summed E-state index contributed by atoms with van der Waals surface area (Å²) in [4.78, 5) is 24.6. The molecule has 10 nitrogen and oxygen atoms in total. The topological polar surface area (TPSA) is 182 Å². The minimum Gasteiger partial charge on any atom is -0.508 e. The van der Waals surface area contributed by atoms with Crippen molar-refractivity contribution in [1.82, 2.24) is 0 Å². The van der Waals surface area contributed by atoms with E-state index in [4.69, 9.17) is 8.83 Å². The fourth-order valence-corrected chi connectivity index (χ4v) is 3.12. The average Bonchev–Trinajstić information content (AvgIpc) is 2.58. The van der Waals surface area contributed by atoms with Crippen LogP contribution in [0, 0.1) is 0 Å². The summed E-state index contributed by atoms with van der Waals surface area (Å²) in [5, 5.41) is 59.2. The van der Waals surface area contributed by atoms with Gasteiger partial charge in [-0.1, -0.05) is 0 Å². The second-order valence-electron chi connectivity index (χ2n) is 6.29. The SMILES string of the molecule is O=c1oc2cc(O)cc(O)c2c(O)c1Cc1c(O)c2c(O)cc(O)cc2oc1=O. The van der Waals surface area contributed by atoms with E-state index < -0.39 is 63.3 Å². The number of aromatic hydroxyl groups is 6. The lowest BCUT2D eigenvalue weighted by Gasteiger charge is -2.10. The molecule has 0 saturated heterocycles. The van der Waals surface area contributed by atoms with E-state index in [0.29, 0.717) is 0 Å². The average molecular weight is 400 g/mol. The van der Waals surface area contributed by atoms with E-state index in [1.54, 1.807) is 0 Å². The van der Waals surface area contributed by atoms with Gasteiger partial charge in [-0.2, -0.15) is 0 Å². The minimum atomic E-state index is -1.09. The fraction of sp³-hybridized carbons (Fsp3) is 0.0526. The summed E-state index contributed by atoms with van der Waals surface area (Å²) in [5.74, 6) is -3.41. The summed E-state index contributed by atoms with van der Waals surface area (Å²) in [6.45, 7) is 0. The second kappa shape index (κ2) is 6.09. The highest BCUT2D eigenvalue weighted by molar-refractivity contribution is 5.92. The van der Waals surface area contributed by atoms with Crippen LogP contribution in [-0.2, 0) is 6.42 Å². The number of fused-ring (bicyclic) bond motifs is 2. The molecule has 0 spiro atoms. The molecule has 148 valence electrons. The molecule has 2 aromatic heterocycles. The van der Waals surface area contributed by atoms with Gasteiger partial charge in [0.15, 0.2) is 0 Å². The van der Waals surface area contributed by atoms with Crippen molar-refractivity contribution in [3.63, 3.8) is 0 Å². The molecule has 0 amide bonds. The van der Waals surface area contributed by atoms with E-state index in [1.165, 1.54) is 0 Å². The third kappa shape index (κ3) is 2.74. The van der Waals surface area contributed by atoms with Gasteiger partial charge in [-0.25, -0.2) is 9.59 Å². The molecule has 0 aliphatic rings. The van der Waals surface area contributed by atoms with Gasteiger partial charge in [0.2, 0.25) is 0 Å². The zero-order valence-corrected chi connectivity index (χ0v) is 14.3. The molecule has 0 saturated carbocycles. The van der Waals surface area contributed by atoms with E-state index in [0.717, 1.165) is 24.3 Å². The van der Waals surface area contributed by atoms with Gasteiger partial charge in [0.25, 0.3) is 0 Å². The molecule has 0 radical (unpaired) electrons. The molecule has 10 heteroatoms. The first kappa shape index (κ1) is 18.0. The van der Waals surface area contributed by atoms with Crippen LogP contribution in [0.4, 0.5) is 0 Å².